The Kier molecular flexibility index (Phi) is 2.74. The highest BCUT2D eigenvalue weighted by Gasteiger charge is 2.04. The van der Waals surface area contributed by atoms with Gasteiger partial charge in [0, 0.05) is 12.7 Å². The zero-order valence-electron chi connectivity index (χ0n) is 9.82. The van der Waals surface area contributed by atoms with Crippen molar-refractivity contribution in [1.82, 2.24) is 20.0 Å². The van der Waals surface area contributed by atoms with Gasteiger partial charge in [-0.25, -0.2) is 4.68 Å². The first kappa shape index (κ1) is 10.9. The zero-order chi connectivity index (χ0) is 12.4. The van der Waals surface area contributed by atoms with E-state index in [1.165, 1.54) is 0 Å². The maximum Gasteiger partial charge on any atom is 0.113 e. The molecule has 0 saturated heterocycles. The molecule has 5 nitrogen and oxygen atoms in total. The maximum absolute atomic E-state index is 5.54. The smallest absolute Gasteiger partial charge is 0.113 e. The molecular formula is C13H13N5. The summed E-state index contributed by atoms with van der Waals surface area (Å²) >= 11 is 0. The monoisotopic (exact) mass is 239 g/mol. The van der Waals surface area contributed by atoms with Gasteiger partial charge < -0.3 is 5.73 Å². The Morgan fingerprint density at radius 1 is 1.11 bits per heavy atom. The minimum atomic E-state index is 0.513. The molecule has 0 bridgehead atoms. The van der Waals surface area contributed by atoms with Gasteiger partial charge in [-0.05, 0) is 23.8 Å². The SMILES string of the molecule is NCc1ccc(Cn2nnc3ccccc32)nc1. The number of hydrogen-bond acceptors (Lipinski definition) is 4. The molecule has 0 saturated carbocycles. The van der Waals surface area contributed by atoms with Gasteiger partial charge in [-0.3, -0.25) is 4.98 Å². The predicted octanol–water partition coefficient (Wildman–Crippen LogP) is 1.33. The van der Waals surface area contributed by atoms with Crippen molar-refractivity contribution in [3.05, 3.63) is 53.9 Å². The summed E-state index contributed by atoms with van der Waals surface area (Å²) in [6.45, 7) is 1.13. The van der Waals surface area contributed by atoms with Crippen LogP contribution in [-0.2, 0) is 13.1 Å². The quantitative estimate of drug-likeness (QED) is 0.748. The van der Waals surface area contributed by atoms with Crippen molar-refractivity contribution in [2.24, 2.45) is 5.73 Å². The van der Waals surface area contributed by atoms with E-state index in [1.807, 2.05) is 41.1 Å². The molecule has 0 aliphatic carbocycles. The summed E-state index contributed by atoms with van der Waals surface area (Å²) in [5, 5.41) is 8.25. The van der Waals surface area contributed by atoms with Gasteiger partial charge in [0.15, 0.2) is 0 Å². The number of hydrogen-bond donors (Lipinski definition) is 1. The van der Waals surface area contributed by atoms with Crippen LogP contribution in [-0.4, -0.2) is 20.0 Å². The fourth-order valence-electron chi connectivity index (χ4n) is 1.86. The number of para-hydroxylation sites is 1. The Balaban J connectivity index is 1.91. The van der Waals surface area contributed by atoms with Gasteiger partial charge in [-0.2, -0.15) is 0 Å². The summed E-state index contributed by atoms with van der Waals surface area (Å²) < 4.78 is 1.85. The lowest BCUT2D eigenvalue weighted by Gasteiger charge is -2.02. The largest absolute Gasteiger partial charge is 0.326 e. The molecule has 0 aliphatic heterocycles. The Bertz CT molecular complexity index is 656. The van der Waals surface area contributed by atoms with Crippen LogP contribution in [0.1, 0.15) is 11.3 Å². The highest BCUT2D eigenvalue weighted by molar-refractivity contribution is 5.73. The van der Waals surface area contributed by atoms with Gasteiger partial charge >= 0.3 is 0 Å². The van der Waals surface area contributed by atoms with E-state index in [1.54, 1.807) is 6.20 Å². The van der Waals surface area contributed by atoms with Crippen molar-refractivity contribution in [1.29, 1.82) is 0 Å². The third-order valence-corrected chi connectivity index (χ3v) is 2.85. The minimum Gasteiger partial charge on any atom is -0.326 e. The molecule has 2 aromatic heterocycles. The molecule has 0 fully saturated rings. The minimum absolute atomic E-state index is 0.513. The number of aromatic nitrogens is 4. The van der Waals surface area contributed by atoms with Crippen LogP contribution in [0.25, 0.3) is 11.0 Å². The van der Waals surface area contributed by atoms with Gasteiger partial charge in [0.25, 0.3) is 0 Å². The lowest BCUT2D eigenvalue weighted by molar-refractivity contribution is 0.657. The van der Waals surface area contributed by atoms with Crippen molar-refractivity contribution in [3.8, 4) is 0 Å². The van der Waals surface area contributed by atoms with Gasteiger partial charge in [0.1, 0.15) is 5.52 Å². The van der Waals surface area contributed by atoms with Crippen LogP contribution in [0.4, 0.5) is 0 Å². The summed E-state index contributed by atoms with van der Waals surface area (Å²) in [5.41, 5.74) is 9.43. The molecule has 3 rings (SSSR count). The fourth-order valence-corrected chi connectivity index (χ4v) is 1.86. The van der Waals surface area contributed by atoms with Gasteiger partial charge in [-0.1, -0.05) is 23.4 Å². The molecule has 2 N–H and O–H groups in total. The van der Waals surface area contributed by atoms with Crippen LogP contribution in [0, 0.1) is 0 Å². The van der Waals surface area contributed by atoms with Crippen molar-refractivity contribution in [2.45, 2.75) is 13.1 Å². The summed E-state index contributed by atoms with van der Waals surface area (Å²) in [6.07, 6.45) is 1.80. The van der Waals surface area contributed by atoms with E-state index in [4.69, 9.17) is 5.73 Å². The van der Waals surface area contributed by atoms with E-state index in [2.05, 4.69) is 15.3 Å². The molecule has 90 valence electrons. The fraction of sp³-hybridized carbons (Fsp3) is 0.154. The van der Waals surface area contributed by atoms with E-state index in [-0.39, 0.29) is 0 Å². The van der Waals surface area contributed by atoms with Gasteiger partial charge in [0.2, 0.25) is 0 Å². The second-order valence-electron chi connectivity index (χ2n) is 4.10. The normalized spacial score (nSPS) is 10.9. The average molecular weight is 239 g/mol. The summed E-state index contributed by atoms with van der Waals surface area (Å²) in [6, 6.07) is 11.8. The van der Waals surface area contributed by atoms with E-state index >= 15 is 0 Å². The van der Waals surface area contributed by atoms with E-state index < -0.39 is 0 Å². The predicted molar refractivity (Wildman–Crippen MR) is 68.8 cm³/mol. The van der Waals surface area contributed by atoms with E-state index in [9.17, 15) is 0 Å². The molecule has 5 heteroatoms. The zero-order valence-corrected chi connectivity index (χ0v) is 9.82. The summed E-state index contributed by atoms with van der Waals surface area (Å²) in [5.74, 6) is 0. The first-order valence-electron chi connectivity index (χ1n) is 5.79. The Morgan fingerprint density at radius 3 is 2.78 bits per heavy atom. The molecule has 0 amide bonds. The number of pyridine rings is 1. The molecule has 1 aromatic carbocycles. The highest BCUT2D eigenvalue weighted by Crippen LogP contribution is 2.11. The number of nitrogens with two attached hydrogens (primary N) is 1. The van der Waals surface area contributed by atoms with Gasteiger partial charge in [-0.15, -0.1) is 5.10 Å². The molecule has 0 unspecified atom stereocenters. The topological polar surface area (TPSA) is 69.6 Å². The van der Waals surface area contributed by atoms with E-state index in [0.717, 1.165) is 22.3 Å². The molecular weight excluding hydrogens is 226 g/mol. The second kappa shape index (κ2) is 4.54. The Labute approximate surface area is 104 Å². The summed E-state index contributed by atoms with van der Waals surface area (Å²) in [4.78, 5) is 4.36. The maximum atomic E-state index is 5.54. The van der Waals surface area contributed by atoms with Crippen molar-refractivity contribution < 1.29 is 0 Å². The van der Waals surface area contributed by atoms with Crippen LogP contribution < -0.4 is 5.73 Å². The number of rotatable bonds is 3. The molecule has 0 aliphatic rings. The van der Waals surface area contributed by atoms with Crippen LogP contribution in [0.5, 0.6) is 0 Å². The molecule has 3 aromatic rings. The van der Waals surface area contributed by atoms with Crippen molar-refractivity contribution in [3.63, 3.8) is 0 Å². The van der Waals surface area contributed by atoms with Crippen molar-refractivity contribution in [2.75, 3.05) is 0 Å². The standard InChI is InChI=1S/C13H13N5/c14-7-10-5-6-11(15-8-10)9-18-13-4-2-1-3-12(13)16-17-18/h1-6,8H,7,9,14H2. The third kappa shape index (κ3) is 1.96. The van der Waals surface area contributed by atoms with Crippen molar-refractivity contribution >= 4 is 11.0 Å². The second-order valence-corrected chi connectivity index (χ2v) is 4.10. The number of fused-ring (bicyclic) bond motifs is 1. The lowest BCUT2D eigenvalue weighted by atomic mass is 10.2. The first-order valence-corrected chi connectivity index (χ1v) is 5.79. The average Bonchev–Trinajstić information content (AvgIpc) is 2.83. The molecule has 0 atom stereocenters. The molecule has 0 spiro atoms. The van der Waals surface area contributed by atoms with Gasteiger partial charge in [0.05, 0.1) is 17.8 Å². The Hall–Kier alpha value is -2.27. The molecule has 18 heavy (non-hydrogen) atoms. The highest BCUT2D eigenvalue weighted by atomic mass is 15.4. The molecule has 2 heterocycles. The van der Waals surface area contributed by atoms with Crippen LogP contribution >= 0.6 is 0 Å². The third-order valence-electron chi connectivity index (χ3n) is 2.85. The Morgan fingerprint density at radius 2 is 2.00 bits per heavy atom. The van der Waals surface area contributed by atoms with Crippen LogP contribution in [0.2, 0.25) is 0 Å². The van der Waals surface area contributed by atoms with Crippen LogP contribution in [0.3, 0.4) is 0 Å². The van der Waals surface area contributed by atoms with Crippen LogP contribution in [0.15, 0.2) is 42.6 Å². The lowest BCUT2D eigenvalue weighted by Crippen LogP contribution is -2.05. The number of nitrogens with zero attached hydrogens (tertiary/aromatic N) is 4. The van der Waals surface area contributed by atoms with E-state index in [0.29, 0.717) is 13.1 Å². The summed E-state index contributed by atoms with van der Waals surface area (Å²) in [7, 11) is 0. The number of benzene rings is 1. The molecule has 0 radical (unpaired) electrons. The first-order chi connectivity index (χ1) is 8.86.